The summed E-state index contributed by atoms with van der Waals surface area (Å²) in [7, 11) is 0. The predicted molar refractivity (Wildman–Crippen MR) is 79.1 cm³/mol. The van der Waals surface area contributed by atoms with Crippen molar-refractivity contribution in [3.05, 3.63) is 35.4 Å². The van der Waals surface area contributed by atoms with Crippen molar-refractivity contribution < 1.29 is 9.53 Å². The zero-order chi connectivity index (χ0) is 13.4. The van der Waals surface area contributed by atoms with Crippen LogP contribution in [0.5, 0.6) is 0 Å². The second-order valence-corrected chi connectivity index (χ2v) is 4.33. The molecule has 1 amide bonds. The second kappa shape index (κ2) is 9.78. The average molecular weight is 287 g/mol. The number of carbonyl (C=O) groups excluding carboxylic acids is 1. The summed E-state index contributed by atoms with van der Waals surface area (Å²) >= 11 is 0. The van der Waals surface area contributed by atoms with E-state index in [1.165, 1.54) is 0 Å². The van der Waals surface area contributed by atoms with Crippen LogP contribution in [0.2, 0.25) is 0 Å². The Balaban J connectivity index is 0.00000324. The Bertz CT molecular complexity index is 383. The molecule has 5 heteroatoms. The van der Waals surface area contributed by atoms with E-state index in [2.05, 4.69) is 12.2 Å². The van der Waals surface area contributed by atoms with Crippen LogP contribution in [-0.2, 0) is 22.7 Å². The van der Waals surface area contributed by atoms with Gasteiger partial charge in [-0.25, -0.2) is 0 Å². The van der Waals surface area contributed by atoms with Crippen LogP contribution in [-0.4, -0.2) is 18.6 Å². The number of hydrogen-bond donors (Lipinski definition) is 2. The molecule has 0 aliphatic heterocycles. The number of carbonyl (C=O) groups is 1. The minimum absolute atomic E-state index is 0. The minimum Gasteiger partial charge on any atom is -0.377 e. The molecule has 0 bridgehead atoms. The van der Waals surface area contributed by atoms with Crippen LogP contribution in [0, 0.1) is 0 Å². The molecule has 0 aliphatic carbocycles. The smallest absolute Gasteiger partial charge is 0.236 e. The maximum absolute atomic E-state index is 11.4. The van der Waals surface area contributed by atoms with Gasteiger partial charge in [0.2, 0.25) is 5.91 Å². The fourth-order valence-electron chi connectivity index (χ4n) is 1.54. The number of hydrogen-bond acceptors (Lipinski definition) is 3. The Kier molecular flexibility index (Phi) is 9.21. The fraction of sp³-hybridized carbons (Fsp3) is 0.500. The van der Waals surface area contributed by atoms with Crippen molar-refractivity contribution in [3.63, 3.8) is 0 Å². The summed E-state index contributed by atoms with van der Waals surface area (Å²) in [5, 5.41) is 2.81. The first-order chi connectivity index (χ1) is 8.65. The van der Waals surface area contributed by atoms with Crippen LogP contribution >= 0.6 is 12.4 Å². The van der Waals surface area contributed by atoms with Crippen LogP contribution in [0.3, 0.4) is 0 Å². The number of nitrogens with two attached hydrogens (primary N) is 1. The third kappa shape index (κ3) is 6.57. The van der Waals surface area contributed by atoms with E-state index in [4.69, 9.17) is 10.5 Å². The summed E-state index contributed by atoms with van der Waals surface area (Å²) in [4.78, 5) is 11.4. The van der Waals surface area contributed by atoms with Gasteiger partial charge in [0.05, 0.1) is 12.6 Å². The van der Waals surface area contributed by atoms with E-state index in [1.54, 1.807) is 6.92 Å². The molecule has 0 saturated carbocycles. The number of amides is 1. The molecule has 1 rings (SSSR count). The van der Waals surface area contributed by atoms with E-state index >= 15 is 0 Å². The number of rotatable bonds is 7. The van der Waals surface area contributed by atoms with Crippen LogP contribution in [0.15, 0.2) is 24.3 Å². The molecule has 0 aromatic heterocycles. The minimum atomic E-state index is -0.478. The molecular formula is C14H23ClN2O2. The van der Waals surface area contributed by atoms with Crippen molar-refractivity contribution in [2.75, 3.05) is 6.61 Å². The highest BCUT2D eigenvalue weighted by Gasteiger charge is 2.08. The Labute approximate surface area is 121 Å². The predicted octanol–water partition coefficient (Wildman–Crippen LogP) is 2.00. The number of halogens is 1. The average Bonchev–Trinajstić information content (AvgIpc) is 2.37. The monoisotopic (exact) mass is 286 g/mol. The quantitative estimate of drug-likeness (QED) is 0.754. The lowest BCUT2D eigenvalue weighted by molar-refractivity contribution is -0.122. The number of benzene rings is 1. The molecule has 19 heavy (non-hydrogen) atoms. The Morgan fingerprint density at radius 3 is 2.58 bits per heavy atom. The van der Waals surface area contributed by atoms with Crippen molar-refractivity contribution >= 4 is 18.3 Å². The first-order valence-corrected chi connectivity index (χ1v) is 6.33. The number of ether oxygens (including phenoxy) is 1. The highest BCUT2D eigenvalue weighted by atomic mass is 35.5. The summed E-state index contributed by atoms with van der Waals surface area (Å²) in [6, 6.07) is 7.46. The van der Waals surface area contributed by atoms with Gasteiger partial charge < -0.3 is 15.8 Å². The lowest BCUT2D eigenvalue weighted by Gasteiger charge is -2.12. The van der Waals surface area contributed by atoms with E-state index in [9.17, 15) is 4.79 Å². The number of nitrogens with one attached hydrogen (secondary N) is 1. The van der Waals surface area contributed by atoms with Crippen molar-refractivity contribution in [2.24, 2.45) is 5.73 Å². The maximum Gasteiger partial charge on any atom is 0.236 e. The highest BCUT2D eigenvalue weighted by molar-refractivity contribution is 5.85. The zero-order valence-corrected chi connectivity index (χ0v) is 12.3. The fourth-order valence-corrected chi connectivity index (χ4v) is 1.54. The molecule has 0 aliphatic rings. The van der Waals surface area contributed by atoms with Crippen LogP contribution in [0.4, 0.5) is 0 Å². The second-order valence-electron chi connectivity index (χ2n) is 4.33. The molecule has 0 saturated heterocycles. The first kappa shape index (κ1) is 17.9. The Hall–Kier alpha value is -1.10. The van der Waals surface area contributed by atoms with Crippen molar-refractivity contribution in [1.29, 1.82) is 0 Å². The summed E-state index contributed by atoms with van der Waals surface area (Å²) in [6.07, 6.45) is 1.00. The van der Waals surface area contributed by atoms with Gasteiger partial charge in [0.1, 0.15) is 0 Å². The van der Waals surface area contributed by atoms with Gasteiger partial charge in [-0.3, -0.25) is 4.79 Å². The standard InChI is InChI=1S/C14H22N2O2.ClH/c1-3-8-18-10-13-7-5-4-6-12(13)9-16-14(17)11(2)15;/h4-7,11H,3,8-10,15H2,1-2H3,(H,16,17);1H/t11-;/m1./s1. The van der Waals surface area contributed by atoms with E-state index in [1.807, 2.05) is 24.3 Å². The van der Waals surface area contributed by atoms with Crippen LogP contribution in [0.1, 0.15) is 31.4 Å². The molecule has 108 valence electrons. The van der Waals surface area contributed by atoms with Gasteiger partial charge in [-0.2, -0.15) is 0 Å². The van der Waals surface area contributed by atoms with E-state index in [0.717, 1.165) is 24.2 Å². The largest absolute Gasteiger partial charge is 0.377 e. The van der Waals surface area contributed by atoms with Crippen molar-refractivity contribution in [1.82, 2.24) is 5.32 Å². The van der Waals surface area contributed by atoms with Gasteiger partial charge in [-0.05, 0) is 24.5 Å². The van der Waals surface area contributed by atoms with Gasteiger partial charge in [0.15, 0.2) is 0 Å². The molecule has 0 spiro atoms. The van der Waals surface area contributed by atoms with E-state index in [0.29, 0.717) is 13.2 Å². The molecule has 1 aromatic carbocycles. The third-order valence-electron chi connectivity index (χ3n) is 2.59. The first-order valence-electron chi connectivity index (χ1n) is 6.33. The van der Waals surface area contributed by atoms with Gasteiger partial charge in [0, 0.05) is 13.2 Å². The topological polar surface area (TPSA) is 64.3 Å². The molecule has 4 nitrogen and oxygen atoms in total. The van der Waals surface area contributed by atoms with Crippen molar-refractivity contribution in [3.8, 4) is 0 Å². The molecule has 0 unspecified atom stereocenters. The Morgan fingerprint density at radius 1 is 1.37 bits per heavy atom. The van der Waals surface area contributed by atoms with Gasteiger partial charge >= 0.3 is 0 Å². The maximum atomic E-state index is 11.4. The lowest BCUT2D eigenvalue weighted by atomic mass is 10.1. The summed E-state index contributed by atoms with van der Waals surface area (Å²) in [6.45, 7) is 5.57. The molecular weight excluding hydrogens is 264 g/mol. The normalized spacial score (nSPS) is 11.5. The molecule has 1 aromatic rings. The van der Waals surface area contributed by atoms with E-state index in [-0.39, 0.29) is 18.3 Å². The summed E-state index contributed by atoms with van der Waals surface area (Å²) in [5.41, 5.74) is 7.68. The lowest BCUT2D eigenvalue weighted by Crippen LogP contribution is -2.37. The Morgan fingerprint density at radius 2 is 2.00 bits per heavy atom. The van der Waals surface area contributed by atoms with Crippen LogP contribution in [0.25, 0.3) is 0 Å². The van der Waals surface area contributed by atoms with Gasteiger partial charge in [0.25, 0.3) is 0 Å². The molecule has 0 heterocycles. The van der Waals surface area contributed by atoms with Crippen molar-refractivity contribution in [2.45, 2.75) is 39.5 Å². The molecule has 0 fully saturated rings. The van der Waals surface area contributed by atoms with Gasteiger partial charge in [-0.15, -0.1) is 12.4 Å². The molecule has 0 radical (unpaired) electrons. The summed E-state index contributed by atoms with van der Waals surface area (Å²) in [5.74, 6) is -0.140. The molecule has 3 N–H and O–H groups in total. The molecule has 1 atom stereocenters. The zero-order valence-electron chi connectivity index (χ0n) is 11.5. The van der Waals surface area contributed by atoms with Gasteiger partial charge in [-0.1, -0.05) is 31.2 Å². The van der Waals surface area contributed by atoms with Crippen LogP contribution < -0.4 is 11.1 Å². The third-order valence-corrected chi connectivity index (χ3v) is 2.59. The summed E-state index contributed by atoms with van der Waals surface area (Å²) < 4.78 is 5.53. The van der Waals surface area contributed by atoms with E-state index < -0.39 is 6.04 Å². The highest BCUT2D eigenvalue weighted by Crippen LogP contribution is 2.10. The SMILES string of the molecule is CCCOCc1ccccc1CNC(=O)[C@@H](C)N.Cl.